The summed E-state index contributed by atoms with van der Waals surface area (Å²) in [4.78, 5) is 11.0. The molecule has 0 amide bonds. The molecule has 0 radical (unpaired) electrons. The first-order valence-electron chi connectivity index (χ1n) is 6.59. The highest BCUT2D eigenvalue weighted by molar-refractivity contribution is 7.89. The quantitative estimate of drug-likeness (QED) is 0.835. The van der Waals surface area contributed by atoms with Gasteiger partial charge < -0.3 is 5.11 Å². The molecule has 2 aliphatic rings. The lowest BCUT2D eigenvalue weighted by Gasteiger charge is -2.35. The lowest BCUT2D eigenvalue weighted by Crippen LogP contribution is -2.47. The van der Waals surface area contributed by atoms with Gasteiger partial charge in [0.2, 0.25) is 10.0 Å². The molecule has 2 atom stereocenters. The fourth-order valence-electron chi connectivity index (χ4n) is 2.77. The largest absolute Gasteiger partial charge is 0.481 e. The highest BCUT2D eigenvalue weighted by atomic mass is 32.2. The molecule has 2 unspecified atom stereocenters. The maximum atomic E-state index is 12.2. The Labute approximate surface area is 108 Å². The first kappa shape index (κ1) is 13.8. The molecular formula is C12H21NO4S. The van der Waals surface area contributed by atoms with Crippen molar-refractivity contribution < 1.29 is 18.3 Å². The Balaban J connectivity index is 2.03. The molecule has 2 fully saturated rings. The Morgan fingerprint density at radius 3 is 2.50 bits per heavy atom. The van der Waals surface area contributed by atoms with Crippen LogP contribution in [0.1, 0.15) is 32.6 Å². The predicted molar refractivity (Wildman–Crippen MR) is 67.6 cm³/mol. The zero-order valence-corrected chi connectivity index (χ0v) is 11.5. The third kappa shape index (κ3) is 3.03. The summed E-state index contributed by atoms with van der Waals surface area (Å²) in [6.45, 7) is 2.54. The van der Waals surface area contributed by atoms with E-state index >= 15 is 0 Å². The molecule has 1 aliphatic carbocycles. The van der Waals surface area contributed by atoms with Gasteiger partial charge in [-0.25, -0.2) is 12.7 Å². The van der Waals surface area contributed by atoms with Crippen molar-refractivity contribution in [3.63, 3.8) is 0 Å². The SMILES string of the molecule is CC1CC(C(=O)O)CN(S(=O)(=O)CC2CCC2)C1. The van der Waals surface area contributed by atoms with E-state index in [-0.39, 0.29) is 24.1 Å². The molecule has 6 heteroatoms. The lowest BCUT2D eigenvalue weighted by molar-refractivity contribution is -0.143. The fraction of sp³-hybridized carbons (Fsp3) is 0.917. The van der Waals surface area contributed by atoms with E-state index in [4.69, 9.17) is 5.11 Å². The number of piperidine rings is 1. The molecule has 0 aromatic carbocycles. The van der Waals surface area contributed by atoms with Crippen molar-refractivity contribution in [2.45, 2.75) is 32.6 Å². The minimum Gasteiger partial charge on any atom is -0.481 e. The van der Waals surface area contributed by atoms with Gasteiger partial charge >= 0.3 is 5.97 Å². The maximum Gasteiger partial charge on any atom is 0.307 e. The van der Waals surface area contributed by atoms with Gasteiger partial charge in [0.05, 0.1) is 11.7 Å². The molecule has 1 aliphatic heterocycles. The monoisotopic (exact) mass is 275 g/mol. The van der Waals surface area contributed by atoms with Crippen LogP contribution in [0.5, 0.6) is 0 Å². The van der Waals surface area contributed by atoms with E-state index in [1.165, 1.54) is 4.31 Å². The van der Waals surface area contributed by atoms with E-state index in [0.717, 1.165) is 19.3 Å². The van der Waals surface area contributed by atoms with E-state index in [9.17, 15) is 13.2 Å². The predicted octanol–water partition coefficient (Wildman–Crippen LogP) is 1.16. The topological polar surface area (TPSA) is 74.7 Å². The van der Waals surface area contributed by atoms with E-state index in [1.54, 1.807) is 0 Å². The molecule has 104 valence electrons. The highest BCUT2D eigenvalue weighted by Gasteiger charge is 2.37. The Morgan fingerprint density at radius 2 is 2.00 bits per heavy atom. The molecule has 1 saturated heterocycles. The van der Waals surface area contributed by atoms with Gasteiger partial charge in [0.1, 0.15) is 0 Å². The van der Waals surface area contributed by atoms with Crippen LogP contribution in [0.3, 0.4) is 0 Å². The van der Waals surface area contributed by atoms with E-state index in [0.29, 0.717) is 13.0 Å². The smallest absolute Gasteiger partial charge is 0.307 e. The summed E-state index contributed by atoms with van der Waals surface area (Å²) in [5, 5.41) is 9.06. The number of aliphatic carboxylic acids is 1. The van der Waals surface area contributed by atoms with Gasteiger partial charge in [0.15, 0.2) is 0 Å². The molecular weight excluding hydrogens is 254 g/mol. The normalized spacial score (nSPS) is 30.9. The average Bonchev–Trinajstić information content (AvgIpc) is 2.23. The van der Waals surface area contributed by atoms with Crippen LogP contribution < -0.4 is 0 Å². The summed E-state index contributed by atoms with van der Waals surface area (Å²) in [6, 6.07) is 0. The summed E-state index contributed by atoms with van der Waals surface area (Å²) in [5.41, 5.74) is 0. The minimum atomic E-state index is -3.27. The molecule has 0 bridgehead atoms. The number of carboxylic acids is 1. The van der Waals surface area contributed by atoms with Crippen molar-refractivity contribution >= 4 is 16.0 Å². The van der Waals surface area contributed by atoms with E-state index in [1.807, 2.05) is 6.92 Å². The second-order valence-electron chi connectivity index (χ2n) is 5.77. The summed E-state index contributed by atoms with van der Waals surface area (Å²) in [6.07, 6.45) is 3.68. The zero-order valence-electron chi connectivity index (χ0n) is 10.7. The van der Waals surface area contributed by atoms with Gasteiger partial charge in [-0.3, -0.25) is 4.79 Å². The first-order chi connectivity index (χ1) is 8.38. The molecule has 18 heavy (non-hydrogen) atoms. The van der Waals surface area contributed by atoms with Gasteiger partial charge in [0.25, 0.3) is 0 Å². The van der Waals surface area contributed by atoms with Crippen LogP contribution in [0.2, 0.25) is 0 Å². The second-order valence-corrected chi connectivity index (χ2v) is 7.78. The van der Waals surface area contributed by atoms with Crippen LogP contribution in [0.25, 0.3) is 0 Å². The summed E-state index contributed by atoms with van der Waals surface area (Å²) < 4.78 is 25.9. The van der Waals surface area contributed by atoms with E-state index in [2.05, 4.69) is 0 Å². The van der Waals surface area contributed by atoms with Gasteiger partial charge in [0, 0.05) is 13.1 Å². The highest BCUT2D eigenvalue weighted by Crippen LogP contribution is 2.30. The Kier molecular flexibility index (Phi) is 3.96. The molecule has 5 nitrogen and oxygen atoms in total. The Morgan fingerprint density at radius 1 is 1.33 bits per heavy atom. The standard InChI is InChI=1S/C12H21NO4S/c1-9-5-11(12(14)15)7-13(6-9)18(16,17)8-10-3-2-4-10/h9-11H,2-8H2,1H3,(H,14,15). The van der Waals surface area contributed by atoms with Crippen molar-refractivity contribution in [1.82, 2.24) is 4.31 Å². The van der Waals surface area contributed by atoms with Crippen molar-refractivity contribution in [2.75, 3.05) is 18.8 Å². The van der Waals surface area contributed by atoms with Crippen LogP contribution in [0.15, 0.2) is 0 Å². The summed E-state index contributed by atoms with van der Waals surface area (Å²) >= 11 is 0. The zero-order chi connectivity index (χ0) is 13.3. The molecule has 0 aromatic rings. The van der Waals surface area contributed by atoms with Gasteiger partial charge in [-0.2, -0.15) is 0 Å². The van der Waals surface area contributed by atoms with Crippen LogP contribution in [0.4, 0.5) is 0 Å². The molecule has 2 rings (SSSR count). The molecule has 0 spiro atoms. The van der Waals surface area contributed by atoms with Gasteiger partial charge in [-0.05, 0) is 31.1 Å². The molecule has 1 heterocycles. The van der Waals surface area contributed by atoms with Crippen molar-refractivity contribution in [1.29, 1.82) is 0 Å². The van der Waals surface area contributed by atoms with E-state index < -0.39 is 21.9 Å². The number of sulfonamides is 1. The van der Waals surface area contributed by atoms with Crippen LogP contribution in [0, 0.1) is 17.8 Å². The molecule has 1 saturated carbocycles. The first-order valence-corrected chi connectivity index (χ1v) is 8.20. The summed E-state index contributed by atoms with van der Waals surface area (Å²) in [5.74, 6) is -0.826. The maximum absolute atomic E-state index is 12.2. The third-order valence-electron chi connectivity index (χ3n) is 4.04. The number of hydrogen-bond acceptors (Lipinski definition) is 3. The van der Waals surface area contributed by atoms with Crippen molar-refractivity contribution in [2.24, 2.45) is 17.8 Å². The lowest BCUT2D eigenvalue weighted by atomic mass is 9.87. The Bertz CT molecular complexity index is 416. The van der Waals surface area contributed by atoms with Crippen LogP contribution in [-0.4, -0.2) is 42.6 Å². The number of carboxylic acid groups (broad SMARTS) is 1. The minimum absolute atomic E-state index is 0.121. The number of hydrogen-bond donors (Lipinski definition) is 1. The van der Waals surface area contributed by atoms with Gasteiger partial charge in [-0.1, -0.05) is 13.3 Å². The average molecular weight is 275 g/mol. The number of rotatable bonds is 4. The van der Waals surface area contributed by atoms with Crippen LogP contribution in [-0.2, 0) is 14.8 Å². The second kappa shape index (κ2) is 5.17. The molecule has 0 aromatic heterocycles. The Hall–Kier alpha value is -0.620. The number of carbonyl (C=O) groups is 1. The fourth-order valence-corrected chi connectivity index (χ4v) is 4.80. The van der Waals surface area contributed by atoms with Crippen molar-refractivity contribution in [3.8, 4) is 0 Å². The van der Waals surface area contributed by atoms with Gasteiger partial charge in [-0.15, -0.1) is 0 Å². The van der Waals surface area contributed by atoms with Crippen molar-refractivity contribution in [3.05, 3.63) is 0 Å². The number of nitrogens with zero attached hydrogens (tertiary/aromatic N) is 1. The van der Waals surface area contributed by atoms with Crippen LogP contribution >= 0.6 is 0 Å². The molecule has 1 N–H and O–H groups in total. The summed E-state index contributed by atoms with van der Waals surface area (Å²) in [7, 11) is -3.27. The third-order valence-corrected chi connectivity index (χ3v) is 6.02.